The van der Waals surface area contributed by atoms with Gasteiger partial charge in [-0.15, -0.1) is 0 Å². The van der Waals surface area contributed by atoms with E-state index in [1.165, 1.54) is 45.6 Å². The highest BCUT2D eigenvalue weighted by molar-refractivity contribution is 4.79. The number of piperazine rings is 1. The first kappa shape index (κ1) is 13.9. The summed E-state index contributed by atoms with van der Waals surface area (Å²) in [6.45, 7) is 14.4. The van der Waals surface area contributed by atoms with Gasteiger partial charge in [-0.1, -0.05) is 20.8 Å². The van der Waals surface area contributed by atoms with Crippen molar-refractivity contribution in [3.63, 3.8) is 0 Å². The van der Waals surface area contributed by atoms with Crippen LogP contribution in [0.15, 0.2) is 0 Å². The quantitative estimate of drug-likeness (QED) is 0.717. The Morgan fingerprint density at radius 1 is 1.12 bits per heavy atom. The molecule has 2 aliphatic rings. The third kappa shape index (κ3) is 4.04. The average Bonchev–Trinajstić information content (AvgIpc) is 2.42. The van der Waals surface area contributed by atoms with Crippen LogP contribution in [0.25, 0.3) is 0 Å². The molecule has 0 N–H and O–H groups in total. The maximum atomic E-state index is 5.53. The molecule has 0 radical (unpaired) electrons. The molecule has 0 bridgehead atoms. The van der Waals surface area contributed by atoms with Crippen molar-refractivity contribution in [1.82, 2.24) is 9.80 Å². The van der Waals surface area contributed by atoms with Gasteiger partial charge >= 0.3 is 0 Å². The summed E-state index contributed by atoms with van der Waals surface area (Å²) < 4.78 is 5.53. The molecule has 16 heavy (non-hydrogen) atoms. The summed E-state index contributed by atoms with van der Waals surface area (Å²) in [4.78, 5) is 5.14. The Bertz CT molecular complexity index is 161. The molecule has 3 heteroatoms. The van der Waals surface area contributed by atoms with Crippen molar-refractivity contribution >= 4 is 0 Å². The Hall–Kier alpha value is -0.120. The van der Waals surface area contributed by atoms with E-state index in [-0.39, 0.29) is 0 Å². The molecule has 0 saturated carbocycles. The lowest BCUT2D eigenvalue weighted by molar-refractivity contribution is -0.000873. The molecule has 2 fully saturated rings. The van der Waals surface area contributed by atoms with Gasteiger partial charge in [0, 0.05) is 38.8 Å². The highest BCUT2D eigenvalue weighted by Crippen LogP contribution is 2.15. The summed E-state index contributed by atoms with van der Waals surface area (Å²) in [6, 6.07) is 0.711. The third-order valence-electron chi connectivity index (χ3n) is 3.51. The highest BCUT2D eigenvalue weighted by atomic mass is 16.5. The highest BCUT2D eigenvalue weighted by Gasteiger charge is 2.24. The Balaban J connectivity index is 0.000000606. The number of hydrogen-bond donors (Lipinski definition) is 0. The van der Waals surface area contributed by atoms with Crippen LogP contribution in [-0.2, 0) is 4.74 Å². The Kier molecular flexibility index (Phi) is 7.01. The van der Waals surface area contributed by atoms with Crippen molar-refractivity contribution < 1.29 is 4.74 Å². The van der Waals surface area contributed by atoms with E-state index < -0.39 is 0 Å². The number of rotatable bonds is 2. The van der Waals surface area contributed by atoms with Gasteiger partial charge in [0.1, 0.15) is 0 Å². The minimum Gasteiger partial charge on any atom is -0.380 e. The monoisotopic (exact) mass is 228 g/mol. The zero-order valence-electron chi connectivity index (χ0n) is 11.2. The normalized spacial score (nSPS) is 28.3. The van der Waals surface area contributed by atoms with Crippen molar-refractivity contribution in [1.29, 1.82) is 0 Å². The molecule has 96 valence electrons. The van der Waals surface area contributed by atoms with E-state index in [9.17, 15) is 0 Å². The fourth-order valence-corrected chi connectivity index (χ4v) is 2.46. The third-order valence-corrected chi connectivity index (χ3v) is 3.51. The second-order valence-corrected chi connectivity index (χ2v) is 4.34. The molecule has 1 atom stereocenters. The fourth-order valence-electron chi connectivity index (χ4n) is 2.46. The maximum Gasteiger partial charge on any atom is 0.0621 e. The van der Waals surface area contributed by atoms with Crippen LogP contribution < -0.4 is 0 Å². The van der Waals surface area contributed by atoms with E-state index in [0.29, 0.717) is 6.04 Å². The lowest BCUT2D eigenvalue weighted by atomic mass is 10.1. The van der Waals surface area contributed by atoms with E-state index in [4.69, 9.17) is 4.74 Å². The molecule has 0 aromatic rings. The van der Waals surface area contributed by atoms with Crippen LogP contribution in [0.1, 0.15) is 33.6 Å². The largest absolute Gasteiger partial charge is 0.380 e. The van der Waals surface area contributed by atoms with Gasteiger partial charge in [0.15, 0.2) is 0 Å². The van der Waals surface area contributed by atoms with E-state index in [1.807, 2.05) is 13.8 Å². The number of nitrogens with zero attached hydrogens (tertiary/aromatic N) is 2. The number of likely N-dealkylation sites (N-methyl/N-ethyl adjacent to an activating group) is 1. The molecular formula is C13H28N2O. The van der Waals surface area contributed by atoms with Crippen LogP contribution in [0.4, 0.5) is 0 Å². The Labute approximate surface area is 101 Å². The molecule has 0 aromatic carbocycles. The van der Waals surface area contributed by atoms with Crippen molar-refractivity contribution in [2.24, 2.45) is 0 Å². The molecule has 2 heterocycles. The lowest BCUT2D eigenvalue weighted by Gasteiger charge is -2.40. The molecular weight excluding hydrogens is 200 g/mol. The van der Waals surface area contributed by atoms with Crippen molar-refractivity contribution in [2.75, 3.05) is 45.9 Å². The van der Waals surface area contributed by atoms with Gasteiger partial charge in [0.2, 0.25) is 0 Å². The van der Waals surface area contributed by atoms with Gasteiger partial charge in [-0.2, -0.15) is 0 Å². The predicted molar refractivity (Wildman–Crippen MR) is 68.9 cm³/mol. The molecule has 2 aliphatic heterocycles. The van der Waals surface area contributed by atoms with Gasteiger partial charge < -0.3 is 9.64 Å². The lowest BCUT2D eigenvalue weighted by Crippen LogP contribution is -2.52. The van der Waals surface area contributed by atoms with Crippen LogP contribution in [0.3, 0.4) is 0 Å². The van der Waals surface area contributed by atoms with Crippen LogP contribution in [0.2, 0.25) is 0 Å². The van der Waals surface area contributed by atoms with E-state index in [2.05, 4.69) is 16.7 Å². The molecule has 0 aliphatic carbocycles. The first-order valence-electron chi connectivity index (χ1n) is 6.94. The number of hydrogen-bond acceptors (Lipinski definition) is 3. The molecule has 0 amide bonds. The predicted octanol–water partition coefficient (Wildman–Crippen LogP) is 1.83. The van der Waals surface area contributed by atoms with Crippen LogP contribution in [0.5, 0.6) is 0 Å². The summed E-state index contributed by atoms with van der Waals surface area (Å²) in [5.41, 5.74) is 0. The average molecular weight is 228 g/mol. The molecule has 3 nitrogen and oxygen atoms in total. The molecule has 1 unspecified atom stereocenters. The van der Waals surface area contributed by atoms with Gasteiger partial charge in [0.25, 0.3) is 0 Å². The van der Waals surface area contributed by atoms with Crippen LogP contribution >= 0.6 is 0 Å². The van der Waals surface area contributed by atoms with Gasteiger partial charge in [-0.25, -0.2) is 0 Å². The zero-order chi connectivity index (χ0) is 11.8. The van der Waals surface area contributed by atoms with Crippen molar-refractivity contribution in [3.05, 3.63) is 0 Å². The fraction of sp³-hybridized carbons (Fsp3) is 1.00. The first-order chi connectivity index (χ1) is 7.90. The summed E-state index contributed by atoms with van der Waals surface area (Å²) in [5.74, 6) is 0. The molecule has 2 saturated heterocycles. The smallest absolute Gasteiger partial charge is 0.0621 e. The Morgan fingerprint density at radius 3 is 2.31 bits per heavy atom. The van der Waals surface area contributed by atoms with Gasteiger partial charge in [0.05, 0.1) is 6.61 Å². The number of ether oxygens (including phenoxy) is 1. The van der Waals surface area contributed by atoms with Gasteiger partial charge in [-0.05, 0) is 19.4 Å². The second kappa shape index (κ2) is 8.04. The molecule has 0 spiro atoms. The minimum absolute atomic E-state index is 0.711. The maximum absolute atomic E-state index is 5.53. The van der Waals surface area contributed by atoms with E-state index in [0.717, 1.165) is 13.2 Å². The SMILES string of the molecule is CC.CCN1CCN(C2CCCOC2)CC1. The van der Waals surface area contributed by atoms with Crippen molar-refractivity contribution in [3.8, 4) is 0 Å². The van der Waals surface area contributed by atoms with E-state index in [1.54, 1.807) is 0 Å². The minimum atomic E-state index is 0.711. The second-order valence-electron chi connectivity index (χ2n) is 4.34. The zero-order valence-corrected chi connectivity index (χ0v) is 11.2. The topological polar surface area (TPSA) is 15.7 Å². The summed E-state index contributed by atoms with van der Waals surface area (Å²) in [6.07, 6.45) is 2.59. The molecule has 2 rings (SSSR count). The summed E-state index contributed by atoms with van der Waals surface area (Å²) in [5, 5.41) is 0. The van der Waals surface area contributed by atoms with E-state index >= 15 is 0 Å². The standard InChI is InChI=1S/C11H22N2O.C2H6/c1-2-12-5-7-13(8-6-12)11-4-3-9-14-10-11;1-2/h11H,2-10H2,1H3;1-2H3. The Morgan fingerprint density at radius 2 is 1.81 bits per heavy atom. The summed E-state index contributed by atoms with van der Waals surface area (Å²) in [7, 11) is 0. The van der Waals surface area contributed by atoms with Crippen LogP contribution in [0, 0.1) is 0 Å². The van der Waals surface area contributed by atoms with Crippen LogP contribution in [-0.4, -0.2) is 61.8 Å². The molecule has 0 aromatic heterocycles. The van der Waals surface area contributed by atoms with Crippen molar-refractivity contribution in [2.45, 2.75) is 39.7 Å². The first-order valence-corrected chi connectivity index (χ1v) is 6.94. The summed E-state index contributed by atoms with van der Waals surface area (Å²) >= 11 is 0. The van der Waals surface area contributed by atoms with Gasteiger partial charge in [-0.3, -0.25) is 4.90 Å².